The van der Waals surface area contributed by atoms with E-state index in [1.165, 1.54) is 17.7 Å². The number of hydrogen-bond donors (Lipinski definition) is 2. The number of carbonyl (C=O) groups is 1. The van der Waals surface area contributed by atoms with Gasteiger partial charge in [-0.25, -0.2) is 0 Å². The lowest BCUT2D eigenvalue weighted by molar-refractivity contribution is -0.136. The summed E-state index contributed by atoms with van der Waals surface area (Å²) in [6.45, 7) is 3.11. The van der Waals surface area contributed by atoms with Gasteiger partial charge in [-0.05, 0) is 24.5 Å². The smallest absolute Gasteiger partial charge is 0.308 e. The molecule has 0 saturated heterocycles. The first-order chi connectivity index (χ1) is 7.69. The number of hydrogen-bond acceptors (Lipinski definition) is 3. The summed E-state index contributed by atoms with van der Waals surface area (Å²) >= 11 is 1.60. The first-order valence-corrected chi connectivity index (χ1v) is 6.53. The van der Waals surface area contributed by atoms with Gasteiger partial charge in [-0.15, -0.1) is 11.3 Å². The number of carboxylic acids is 1. The number of aliphatic carboxylic acids is 1. The SMILES string of the molecule is CCC1CC1NCc1ccc(CC(=O)O)s1. The molecule has 1 heterocycles. The highest BCUT2D eigenvalue weighted by molar-refractivity contribution is 7.12. The largest absolute Gasteiger partial charge is 0.481 e. The van der Waals surface area contributed by atoms with Gasteiger partial charge < -0.3 is 10.4 Å². The second-order valence-electron chi connectivity index (χ2n) is 4.33. The third-order valence-corrected chi connectivity index (χ3v) is 4.11. The predicted molar refractivity (Wildman–Crippen MR) is 64.7 cm³/mol. The van der Waals surface area contributed by atoms with E-state index >= 15 is 0 Å². The number of rotatable bonds is 6. The minimum atomic E-state index is -0.755. The van der Waals surface area contributed by atoms with Crippen LogP contribution in [0.5, 0.6) is 0 Å². The molecular formula is C12H17NO2S. The molecule has 0 amide bonds. The van der Waals surface area contributed by atoms with Gasteiger partial charge in [0.1, 0.15) is 0 Å². The van der Waals surface area contributed by atoms with Gasteiger partial charge in [0.05, 0.1) is 6.42 Å². The molecule has 1 aliphatic rings. The van der Waals surface area contributed by atoms with Gasteiger partial charge in [-0.2, -0.15) is 0 Å². The third kappa shape index (κ3) is 3.06. The molecule has 2 N–H and O–H groups in total. The molecule has 0 bridgehead atoms. The Morgan fingerprint density at radius 2 is 2.31 bits per heavy atom. The van der Waals surface area contributed by atoms with Crippen molar-refractivity contribution in [2.75, 3.05) is 0 Å². The van der Waals surface area contributed by atoms with E-state index in [0.717, 1.165) is 17.3 Å². The van der Waals surface area contributed by atoms with Crippen molar-refractivity contribution in [1.82, 2.24) is 5.32 Å². The van der Waals surface area contributed by atoms with Gasteiger partial charge >= 0.3 is 5.97 Å². The lowest BCUT2D eigenvalue weighted by Crippen LogP contribution is -2.16. The molecule has 4 heteroatoms. The van der Waals surface area contributed by atoms with E-state index in [9.17, 15) is 4.79 Å². The van der Waals surface area contributed by atoms with Crippen molar-refractivity contribution in [1.29, 1.82) is 0 Å². The summed E-state index contributed by atoms with van der Waals surface area (Å²) in [7, 11) is 0. The van der Waals surface area contributed by atoms with E-state index in [4.69, 9.17) is 5.11 Å². The second-order valence-corrected chi connectivity index (χ2v) is 5.58. The zero-order chi connectivity index (χ0) is 11.5. The molecule has 1 aromatic rings. The second kappa shape index (κ2) is 4.97. The maximum atomic E-state index is 10.5. The molecule has 2 unspecified atom stereocenters. The Kier molecular flexibility index (Phi) is 3.61. The van der Waals surface area contributed by atoms with Crippen LogP contribution < -0.4 is 5.32 Å². The van der Waals surface area contributed by atoms with E-state index < -0.39 is 5.97 Å². The molecule has 1 saturated carbocycles. The van der Waals surface area contributed by atoms with Gasteiger partial charge in [-0.1, -0.05) is 13.3 Å². The fourth-order valence-corrected chi connectivity index (χ4v) is 2.90. The lowest BCUT2D eigenvalue weighted by Gasteiger charge is -2.00. The average Bonchev–Trinajstić information content (AvgIpc) is 2.87. The molecule has 16 heavy (non-hydrogen) atoms. The Hall–Kier alpha value is -0.870. The Bertz CT molecular complexity index is 375. The van der Waals surface area contributed by atoms with E-state index in [-0.39, 0.29) is 6.42 Å². The Balaban J connectivity index is 1.77. The fourth-order valence-electron chi connectivity index (χ4n) is 1.94. The molecule has 3 nitrogen and oxygen atoms in total. The molecule has 1 aliphatic carbocycles. The van der Waals surface area contributed by atoms with Crippen molar-refractivity contribution in [2.24, 2.45) is 5.92 Å². The monoisotopic (exact) mass is 239 g/mol. The Morgan fingerprint density at radius 3 is 2.94 bits per heavy atom. The number of thiophene rings is 1. The van der Waals surface area contributed by atoms with E-state index in [1.54, 1.807) is 11.3 Å². The van der Waals surface area contributed by atoms with Crippen molar-refractivity contribution in [3.8, 4) is 0 Å². The Morgan fingerprint density at radius 1 is 1.56 bits per heavy atom. The van der Waals surface area contributed by atoms with Crippen molar-refractivity contribution in [3.05, 3.63) is 21.9 Å². The van der Waals surface area contributed by atoms with E-state index in [1.807, 2.05) is 12.1 Å². The normalized spacial score (nSPS) is 23.3. The Labute approximate surface area is 99.5 Å². The third-order valence-electron chi connectivity index (χ3n) is 3.03. The highest BCUT2D eigenvalue weighted by Crippen LogP contribution is 2.33. The summed E-state index contributed by atoms with van der Waals surface area (Å²) in [6.07, 6.45) is 2.70. The van der Waals surface area contributed by atoms with Crippen LogP contribution in [0.15, 0.2) is 12.1 Å². The van der Waals surface area contributed by atoms with Crippen LogP contribution in [0, 0.1) is 5.92 Å². The first kappa shape index (κ1) is 11.6. The van der Waals surface area contributed by atoms with Gasteiger partial charge in [0.15, 0.2) is 0 Å². The van der Waals surface area contributed by atoms with Gasteiger partial charge in [0.25, 0.3) is 0 Å². The molecule has 0 aliphatic heterocycles. The topological polar surface area (TPSA) is 49.3 Å². The van der Waals surface area contributed by atoms with Crippen LogP contribution in [0.25, 0.3) is 0 Å². The van der Waals surface area contributed by atoms with Crippen LogP contribution in [-0.4, -0.2) is 17.1 Å². The summed E-state index contributed by atoms with van der Waals surface area (Å²) in [5.41, 5.74) is 0. The van der Waals surface area contributed by atoms with Crippen LogP contribution in [0.1, 0.15) is 29.5 Å². The summed E-state index contributed by atoms with van der Waals surface area (Å²) < 4.78 is 0. The van der Waals surface area contributed by atoms with Crippen LogP contribution in [0.2, 0.25) is 0 Å². The zero-order valence-corrected chi connectivity index (χ0v) is 10.2. The molecule has 0 radical (unpaired) electrons. The number of nitrogens with one attached hydrogen (secondary N) is 1. The molecule has 2 rings (SSSR count). The molecule has 88 valence electrons. The lowest BCUT2D eigenvalue weighted by atomic mass is 10.3. The zero-order valence-electron chi connectivity index (χ0n) is 9.40. The van der Waals surface area contributed by atoms with Crippen LogP contribution >= 0.6 is 11.3 Å². The fraction of sp³-hybridized carbons (Fsp3) is 0.583. The van der Waals surface area contributed by atoms with Gasteiger partial charge in [0, 0.05) is 22.3 Å². The molecular weight excluding hydrogens is 222 g/mol. The highest BCUT2D eigenvalue weighted by atomic mass is 32.1. The van der Waals surface area contributed by atoms with Gasteiger partial charge in [-0.3, -0.25) is 4.79 Å². The van der Waals surface area contributed by atoms with Crippen LogP contribution in [0.3, 0.4) is 0 Å². The van der Waals surface area contributed by atoms with E-state index in [2.05, 4.69) is 12.2 Å². The molecule has 0 spiro atoms. The summed E-state index contributed by atoms with van der Waals surface area (Å²) in [4.78, 5) is 12.7. The molecule has 1 fully saturated rings. The van der Waals surface area contributed by atoms with Crippen molar-refractivity contribution in [3.63, 3.8) is 0 Å². The average molecular weight is 239 g/mol. The minimum absolute atomic E-state index is 0.145. The van der Waals surface area contributed by atoms with Crippen molar-refractivity contribution < 1.29 is 9.90 Å². The predicted octanol–water partition coefficient (Wildman–Crippen LogP) is 2.26. The number of carboxylic acid groups (broad SMARTS) is 1. The van der Waals surface area contributed by atoms with Crippen LogP contribution in [0.4, 0.5) is 0 Å². The quantitative estimate of drug-likeness (QED) is 0.800. The van der Waals surface area contributed by atoms with Crippen molar-refractivity contribution in [2.45, 2.75) is 38.8 Å². The van der Waals surface area contributed by atoms with Crippen LogP contribution in [-0.2, 0) is 17.8 Å². The minimum Gasteiger partial charge on any atom is -0.481 e. The maximum absolute atomic E-state index is 10.5. The van der Waals surface area contributed by atoms with Gasteiger partial charge in [0.2, 0.25) is 0 Å². The first-order valence-electron chi connectivity index (χ1n) is 5.71. The standard InChI is InChI=1S/C12H17NO2S/c1-2-8-5-11(8)13-7-10-4-3-9(16-10)6-12(14)15/h3-4,8,11,13H,2,5-7H2,1H3,(H,14,15). The highest BCUT2D eigenvalue weighted by Gasteiger charge is 2.34. The van der Waals surface area contributed by atoms with E-state index in [0.29, 0.717) is 6.04 Å². The van der Waals surface area contributed by atoms with Crippen molar-refractivity contribution >= 4 is 17.3 Å². The maximum Gasteiger partial charge on any atom is 0.308 e. The molecule has 2 atom stereocenters. The molecule has 0 aromatic carbocycles. The summed E-state index contributed by atoms with van der Waals surface area (Å²) in [5, 5.41) is 12.2. The summed E-state index contributed by atoms with van der Waals surface area (Å²) in [6, 6.07) is 4.63. The summed E-state index contributed by atoms with van der Waals surface area (Å²) in [5.74, 6) is 0.105. The molecule has 1 aromatic heterocycles.